The van der Waals surface area contributed by atoms with Gasteiger partial charge in [0.1, 0.15) is 5.82 Å². The highest BCUT2D eigenvalue weighted by Crippen LogP contribution is 2.30. The number of imidazole rings is 1. The first-order chi connectivity index (χ1) is 8.53. The second kappa shape index (κ2) is 5.38. The molecule has 6 nitrogen and oxygen atoms in total. The Balaban J connectivity index is 1.97. The maximum atomic E-state index is 12.0. The molecule has 0 saturated heterocycles. The number of aromatic nitrogens is 2. The third kappa shape index (κ3) is 2.90. The molecule has 0 radical (unpaired) electrons. The lowest BCUT2D eigenvalue weighted by molar-refractivity contribution is 0.393. The lowest BCUT2D eigenvalue weighted by Crippen LogP contribution is -2.33. The zero-order valence-corrected chi connectivity index (χ0v) is 11.3. The van der Waals surface area contributed by atoms with Crippen molar-refractivity contribution in [1.82, 2.24) is 14.7 Å². The smallest absolute Gasteiger partial charge is 0.257 e. The third-order valence-corrected chi connectivity index (χ3v) is 4.96. The molecule has 0 bridgehead atoms. The van der Waals surface area contributed by atoms with Crippen molar-refractivity contribution < 1.29 is 8.42 Å². The number of nitrogens with zero attached hydrogens (tertiary/aromatic N) is 1. The standard InChI is InChI=1S/C11H20N4O2S/c1-8-13-7-11(15-8)18(16,17)14-6-10-4-2-3-9(10)5-12/h7,9-10,14H,2-6,12H2,1H3,(H,13,15). The van der Waals surface area contributed by atoms with Crippen molar-refractivity contribution in [1.29, 1.82) is 0 Å². The Morgan fingerprint density at radius 2 is 2.22 bits per heavy atom. The fourth-order valence-electron chi connectivity index (χ4n) is 2.52. The average Bonchev–Trinajstić information content (AvgIpc) is 2.94. The van der Waals surface area contributed by atoms with Gasteiger partial charge >= 0.3 is 0 Å². The first-order valence-electron chi connectivity index (χ1n) is 6.24. The molecule has 2 rings (SSSR count). The van der Waals surface area contributed by atoms with Crippen LogP contribution in [0.4, 0.5) is 0 Å². The van der Waals surface area contributed by atoms with Crippen molar-refractivity contribution in [3.05, 3.63) is 12.0 Å². The van der Waals surface area contributed by atoms with Gasteiger partial charge in [-0.05, 0) is 38.1 Å². The summed E-state index contributed by atoms with van der Waals surface area (Å²) in [5.41, 5.74) is 5.68. The van der Waals surface area contributed by atoms with Gasteiger partial charge in [0.15, 0.2) is 5.03 Å². The highest BCUT2D eigenvalue weighted by molar-refractivity contribution is 7.89. The molecule has 1 aromatic heterocycles. The fraction of sp³-hybridized carbons (Fsp3) is 0.727. The van der Waals surface area contributed by atoms with Gasteiger partial charge in [0.25, 0.3) is 10.0 Å². The zero-order chi connectivity index (χ0) is 13.2. The summed E-state index contributed by atoms with van der Waals surface area (Å²) in [6.07, 6.45) is 4.63. The maximum absolute atomic E-state index is 12.0. The van der Waals surface area contributed by atoms with E-state index in [4.69, 9.17) is 5.73 Å². The first-order valence-corrected chi connectivity index (χ1v) is 7.72. The summed E-state index contributed by atoms with van der Waals surface area (Å²) < 4.78 is 26.6. The molecule has 0 amide bonds. The predicted octanol–water partition coefficient (Wildman–Crippen LogP) is 0.371. The van der Waals surface area contributed by atoms with Crippen LogP contribution in [0.5, 0.6) is 0 Å². The molecule has 2 atom stereocenters. The number of sulfonamides is 1. The van der Waals surface area contributed by atoms with E-state index in [9.17, 15) is 8.42 Å². The SMILES string of the molecule is Cc1ncc(S(=O)(=O)NCC2CCCC2CN)[nH]1. The van der Waals surface area contributed by atoms with Crippen LogP contribution in [0.25, 0.3) is 0 Å². The summed E-state index contributed by atoms with van der Waals surface area (Å²) in [6, 6.07) is 0. The number of hydrogen-bond donors (Lipinski definition) is 3. The fourth-order valence-corrected chi connectivity index (χ4v) is 3.58. The van der Waals surface area contributed by atoms with Gasteiger partial charge in [-0.25, -0.2) is 18.1 Å². The van der Waals surface area contributed by atoms with E-state index in [0.717, 1.165) is 19.3 Å². The lowest BCUT2D eigenvalue weighted by Gasteiger charge is -2.17. The van der Waals surface area contributed by atoms with Crippen molar-refractivity contribution in [2.45, 2.75) is 31.2 Å². The van der Waals surface area contributed by atoms with E-state index in [1.165, 1.54) is 6.20 Å². The highest BCUT2D eigenvalue weighted by atomic mass is 32.2. The summed E-state index contributed by atoms with van der Waals surface area (Å²) in [4.78, 5) is 6.63. The molecule has 7 heteroatoms. The van der Waals surface area contributed by atoms with Crippen LogP contribution in [0.3, 0.4) is 0 Å². The van der Waals surface area contributed by atoms with E-state index < -0.39 is 10.0 Å². The highest BCUT2D eigenvalue weighted by Gasteiger charge is 2.27. The van der Waals surface area contributed by atoms with Crippen LogP contribution in [0.2, 0.25) is 0 Å². The number of nitrogens with two attached hydrogens (primary N) is 1. The maximum Gasteiger partial charge on any atom is 0.257 e. The van der Waals surface area contributed by atoms with Crippen LogP contribution in [-0.2, 0) is 10.0 Å². The monoisotopic (exact) mass is 272 g/mol. The van der Waals surface area contributed by atoms with Crippen molar-refractivity contribution in [3.63, 3.8) is 0 Å². The zero-order valence-electron chi connectivity index (χ0n) is 10.5. The molecule has 1 aliphatic rings. The minimum absolute atomic E-state index is 0.127. The molecular weight excluding hydrogens is 252 g/mol. The Labute approximate surface area is 107 Å². The van der Waals surface area contributed by atoms with Crippen LogP contribution in [0.1, 0.15) is 25.1 Å². The number of H-pyrrole nitrogens is 1. The second-order valence-electron chi connectivity index (χ2n) is 4.87. The molecule has 1 aliphatic carbocycles. The average molecular weight is 272 g/mol. The molecule has 102 valence electrons. The third-order valence-electron chi connectivity index (χ3n) is 3.62. The topological polar surface area (TPSA) is 101 Å². The Morgan fingerprint density at radius 1 is 1.50 bits per heavy atom. The van der Waals surface area contributed by atoms with Crippen molar-refractivity contribution >= 4 is 10.0 Å². The van der Waals surface area contributed by atoms with Crippen molar-refractivity contribution in [2.75, 3.05) is 13.1 Å². The van der Waals surface area contributed by atoms with Crippen LogP contribution < -0.4 is 10.5 Å². The van der Waals surface area contributed by atoms with Crippen LogP contribution in [-0.4, -0.2) is 31.5 Å². The molecule has 2 unspecified atom stereocenters. The van der Waals surface area contributed by atoms with E-state index in [-0.39, 0.29) is 5.03 Å². The van der Waals surface area contributed by atoms with Crippen LogP contribution >= 0.6 is 0 Å². The molecule has 1 heterocycles. The van der Waals surface area contributed by atoms with Gasteiger partial charge < -0.3 is 10.7 Å². The minimum atomic E-state index is -3.47. The lowest BCUT2D eigenvalue weighted by atomic mass is 9.97. The van der Waals surface area contributed by atoms with E-state index in [1.54, 1.807) is 6.92 Å². The summed E-state index contributed by atoms with van der Waals surface area (Å²) in [7, 11) is -3.47. The molecular formula is C11H20N4O2S. The Morgan fingerprint density at radius 3 is 2.83 bits per heavy atom. The molecule has 1 saturated carbocycles. The molecule has 1 fully saturated rings. The quantitative estimate of drug-likeness (QED) is 0.721. The summed E-state index contributed by atoms with van der Waals surface area (Å²) >= 11 is 0. The molecule has 0 aliphatic heterocycles. The van der Waals surface area contributed by atoms with Gasteiger partial charge in [-0.3, -0.25) is 0 Å². The van der Waals surface area contributed by atoms with Gasteiger partial charge in [-0.15, -0.1) is 0 Å². The number of nitrogens with one attached hydrogen (secondary N) is 2. The molecule has 18 heavy (non-hydrogen) atoms. The van der Waals surface area contributed by atoms with Gasteiger partial charge in [0, 0.05) is 6.54 Å². The van der Waals surface area contributed by atoms with Crippen molar-refractivity contribution in [2.24, 2.45) is 17.6 Å². The van der Waals surface area contributed by atoms with Gasteiger partial charge in [0.2, 0.25) is 0 Å². The molecule has 0 spiro atoms. The molecule has 0 aromatic carbocycles. The van der Waals surface area contributed by atoms with E-state index in [0.29, 0.717) is 30.7 Å². The second-order valence-corrected chi connectivity index (χ2v) is 6.61. The summed E-state index contributed by atoms with van der Waals surface area (Å²) in [5.74, 6) is 1.39. The summed E-state index contributed by atoms with van der Waals surface area (Å²) in [5, 5.41) is 0.127. The Bertz CT molecular complexity index is 497. The van der Waals surface area contributed by atoms with Gasteiger partial charge in [0.05, 0.1) is 6.20 Å². The van der Waals surface area contributed by atoms with E-state index in [1.807, 2.05) is 0 Å². The largest absolute Gasteiger partial charge is 0.332 e. The van der Waals surface area contributed by atoms with Crippen LogP contribution in [0, 0.1) is 18.8 Å². The normalized spacial score (nSPS) is 24.6. The van der Waals surface area contributed by atoms with Crippen LogP contribution in [0.15, 0.2) is 11.2 Å². The summed E-state index contributed by atoms with van der Waals surface area (Å²) in [6.45, 7) is 2.82. The van der Waals surface area contributed by atoms with E-state index in [2.05, 4.69) is 14.7 Å². The predicted molar refractivity (Wildman–Crippen MR) is 68.4 cm³/mol. The number of rotatable bonds is 5. The number of aryl methyl sites for hydroxylation is 1. The number of aromatic amines is 1. The minimum Gasteiger partial charge on any atom is -0.332 e. The number of hydrogen-bond acceptors (Lipinski definition) is 4. The van der Waals surface area contributed by atoms with E-state index >= 15 is 0 Å². The Kier molecular flexibility index (Phi) is 4.04. The Hall–Kier alpha value is -0.920. The molecule has 4 N–H and O–H groups in total. The van der Waals surface area contributed by atoms with Crippen molar-refractivity contribution in [3.8, 4) is 0 Å². The first kappa shape index (κ1) is 13.5. The van der Waals surface area contributed by atoms with Gasteiger partial charge in [-0.1, -0.05) is 6.42 Å². The van der Waals surface area contributed by atoms with Gasteiger partial charge in [-0.2, -0.15) is 0 Å². The molecule has 1 aromatic rings.